The highest BCUT2D eigenvalue weighted by Gasteiger charge is 2.22. The molecule has 11 heteroatoms. The second kappa shape index (κ2) is 12.5. The van der Waals surface area contributed by atoms with Crippen LogP contribution < -0.4 is 16.0 Å². The van der Waals surface area contributed by atoms with Crippen LogP contribution in [0.5, 0.6) is 0 Å². The van der Waals surface area contributed by atoms with Gasteiger partial charge in [0.2, 0.25) is 23.1 Å². The molecule has 37 heavy (non-hydrogen) atoms. The molecule has 4 rings (SSSR count). The van der Waals surface area contributed by atoms with E-state index < -0.39 is 6.04 Å². The standard InChI is InChI=1S/C26H30ClN9O/c1-35(2)23(37)22(15-18-6-8-19(16-28)9-7-18)31-26-33-24(27)32-25(34-26)30-21-5-3-4-20(14-21)17-36-12-10-29-11-13-36/h3-9,14,22,29H,10-13,15,17H2,1-2H3,(H2,30,31,32,33,34)/t22-/m0/s1. The lowest BCUT2D eigenvalue weighted by molar-refractivity contribution is -0.129. The summed E-state index contributed by atoms with van der Waals surface area (Å²) in [5, 5.41) is 18.7. The molecule has 1 fully saturated rings. The number of rotatable bonds is 9. The zero-order chi connectivity index (χ0) is 26.2. The van der Waals surface area contributed by atoms with Gasteiger partial charge in [-0.15, -0.1) is 0 Å². The minimum Gasteiger partial charge on any atom is -0.347 e. The van der Waals surface area contributed by atoms with Crippen LogP contribution >= 0.6 is 11.6 Å². The molecule has 1 aliphatic heterocycles. The lowest BCUT2D eigenvalue weighted by atomic mass is 10.0. The van der Waals surface area contributed by atoms with E-state index in [4.69, 9.17) is 16.9 Å². The first-order chi connectivity index (χ1) is 17.9. The molecule has 0 radical (unpaired) electrons. The maximum atomic E-state index is 12.9. The first-order valence-corrected chi connectivity index (χ1v) is 12.4. The maximum absolute atomic E-state index is 12.9. The quantitative estimate of drug-likeness (QED) is 0.391. The van der Waals surface area contributed by atoms with Crippen molar-refractivity contribution in [3.05, 3.63) is 70.5 Å². The molecule has 1 atom stereocenters. The first kappa shape index (κ1) is 26.3. The maximum Gasteiger partial charge on any atom is 0.244 e. The summed E-state index contributed by atoms with van der Waals surface area (Å²) in [7, 11) is 3.38. The molecule has 1 amide bonds. The number of nitriles is 1. The van der Waals surface area contributed by atoms with E-state index >= 15 is 0 Å². The number of nitrogens with zero attached hydrogens (tertiary/aromatic N) is 6. The molecule has 0 aliphatic carbocycles. The van der Waals surface area contributed by atoms with E-state index in [9.17, 15) is 4.79 Å². The minimum absolute atomic E-state index is 0.00592. The predicted molar refractivity (Wildman–Crippen MR) is 144 cm³/mol. The number of piperazine rings is 1. The van der Waals surface area contributed by atoms with Gasteiger partial charge in [0.25, 0.3) is 0 Å². The molecule has 0 unspecified atom stereocenters. The van der Waals surface area contributed by atoms with Crippen molar-refractivity contribution in [1.29, 1.82) is 5.26 Å². The van der Waals surface area contributed by atoms with Crippen LogP contribution in [0.4, 0.5) is 17.6 Å². The Kier molecular flexibility index (Phi) is 8.85. The van der Waals surface area contributed by atoms with Gasteiger partial charge in [0, 0.05) is 58.9 Å². The van der Waals surface area contributed by atoms with Crippen LogP contribution in [0.2, 0.25) is 5.28 Å². The molecule has 3 N–H and O–H groups in total. The van der Waals surface area contributed by atoms with Crippen molar-refractivity contribution >= 4 is 35.1 Å². The number of carbonyl (C=O) groups is 1. The van der Waals surface area contributed by atoms with Crippen LogP contribution in [0, 0.1) is 11.3 Å². The lowest BCUT2D eigenvalue weighted by Crippen LogP contribution is -2.42. The van der Waals surface area contributed by atoms with Crippen LogP contribution in [0.3, 0.4) is 0 Å². The van der Waals surface area contributed by atoms with Crippen molar-refractivity contribution < 1.29 is 4.79 Å². The average molecular weight is 520 g/mol. The third-order valence-electron chi connectivity index (χ3n) is 5.97. The lowest BCUT2D eigenvalue weighted by Gasteiger charge is -2.27. The van der Waals surface area contributed by atoms with Crippen molar-refractivity contribution in [3.63, 3.8) is 0 Å². The largest absolute Gasteiger partial charge is 0.347 e. The fourth-order valence-electron chi connectivity index (χ4n) is 4.09. The highest BCUT2D eigenvalue weighted by molar-refractivity contribution is 6.28. The number of hydrogen-bond donors (Lipinski definition) is 3. The Morgan fingerprint density at radius 2 is 1.84 bits per heavy atom. The van der Waals surface area contributed by atoms with E-state index in [0.717, 1.165) is 44.0 Å². The van der Waals surface area contributed by atoms with Crippen molar-refractivity contribution in [2.45, 2.75) is 19.0 Å². The number of anilines is 3. The van der Waals surface area contributed by atoms with Crippen molar-refractivity contribution in [1.82, 2.24) is 30.1 Å². The smallest absolute Gasteiger partial charge is 0.244 e. The summed E-state index contributed by atoms with van der Waals surface area (Å²) in [4.78, 5) is 29.7. The van der Waals surface area contributed by atoms with Gasteiger partial charge in [-0.1, -0.05) is 24.3 Å². The minimum atomic E-state index is -0.642. The molecular weight excluding hydrogens is 490 g/mol. The van der Waals surface area contributed by atoms with E-state index in [1.807, 2.05) is 24.3 Å². The summed E-state index contributed by atoms with van der Waals surface area (Å²) in [5.41, 5.74) is 3.47. The third-order valence-corrected chi connectivity index (χ3v) is 6.14. The summed E-state index contributed by atoms with van der Waals surface area (Å²) in [6.07, 6.45) is 0.378. The summed E-state index contributed by atoms with van der Waals surface area (Å²) >= 11 is 6.21. The van der Waals surface area contributed by atoms with Gasteiger partial charge in [0.1, 0.15) is 6.04 Å². The van der Waals surface area contributed by atoms with E-state index in [2.05, 4.69) is 54.0 Å². The second-order valence-electron chi connectivity index (χ2n) is 9.05. The molecule has 0 spiro atoms. The molecule has 0 saturated carbocycles. The van der Waals surface area contributed by atoms with Gasteiger partial charge in [-0.3, -0.25) is 9.69 Å². The molecule has 10 nitrogen and oxygen atoms in total. The van der Waals surface area contributed by atoms with Gasteiger partial charge in [-0.25, -0.2) is 0 Å². The number of halogens is 1. The first-order valence-electron chi connectivity index (χ1n) is 12.1. The summed E-state index contributed by atoms with van der Waals surface area (Å²) in [6.45, 7) is 4.90. The van der Waals surface area contributed by atoms with E-state index in [1.54, 1.807) is 26.2 Å². The van der Waals surface area contributed by atoms with Gasteiger partial charge < -0.3 is 20.9 Å². The van der Waals surface area contributed by atoms with E-state index in [0.29, 0.717) is 12.0 Å². The van der Waals surface area contributed by atoms with Gasteiger partial charge in [-0.2, -0.15) is 20.2 Å². The molecule has 1 saturated heterocycles. The molecule has 2 heterocycles. The van der Waals surface area contributed by atoms with Crippen molar-refractivity contribution in [2.24, 2.45) is 0 Å². The molecule has 0 bridgehead atoms. The summed E-state index contributed by atoms with van der Waals surface area (Å²) in [6, 6.07) is 16.7. The number of carbonyl (C=O) groups excluding carboxylic acids is 1. The molecule has 3 aromatic rings. The van der Waals surface area contributed by atoms with Gasteiger partial charge >= 0.3 is 0 Å². The topological polar surface area (TPSA) is 122 Å². The average Bonchev–Trinajstić information content (AvgIpc) is 2.89. The number of amides is 1. The molecular formula is C26H30ClN9O. The van der Waals surface area contributed by atoms with Crippen LogP contribution in [-0.2, 0) is 17.8 Å². The fourth-order valence-corrected chi connectivity index (χ4v) is 4.25. The van der Waals surface area contributed by atoms with Crippen LogP contribution in [-0.4, -0.2) is 77.0 Å². The van der Waals surface area contributed by atoms with Gasteiger partial charge in [0.15, 0.2) is 0 Å². The second-order valence-corrected chi connectivity index (χ2v) is 9.38. The number of likely N-dealkylation sites (N-methyl/N-ethyl adjacent to an activating group) is 1. The summed E-state index contributed by atoms with van der Waals surface area (Å²) < 4.78 is 0. The van der Waals surface area contributed by atoms with Crippen LogP contribution in [0.15, 0.2) is 48.5 Å². The molecule has 1 aliphatic rings. The molecule has 1 aromatic heterocycles. The van der Waals surface area contributed by atoms with E-state index in [-0.39, 0.29) is 23.1 Å². The fraction of sp³-hybridized carbons (Fsp3) is 0.346. The van der Waals surface area contributed by atoms with Crippen LogP contribution in [0.1, 0.15) is 16.7 Å². The monoisotopic (exact) mass is 519 g/mol. The van der Waals surface area contributed by atoms with Gasteiger partial charge in [0.05, 0.1) is 11.6 Å². The number of nitrogens with one attached hydrogen (secondary N) is 3. The zero-order valence-electron chi connectivity index (χ0n) is 20.9. The van der Waals surface area contributed by atoms with Crippen molar-refractivity contribution in [3.8, 4) is 6.07 Å². The Labute approximate surface area is 221 Å². The number of benzene rings is 2. The Morgan fingerprint density at radius 1 is 1.11 bits per heavy atom. The summed E-state index contributed by atoms with van der Waals surface area (Å²) in [5.74, 6) is 0.320. The van der Waals surface area contributed by atoms with Crippen LogP contribution in [0.25, 0.3) is 0 Å². The number of hydrogen-bond acceptors (Lipinski definition) is 9. The Balaban J connectivity index is 1.49. The highest BCUT2D eigenvalue weighted by atomic mass is 35.5. The third kappa shape index (κ3) is 7.60. The molecule has 192 valence electrons. The zero-order valence-corrected chi connectivity index (χ0v) is 21.7. The normalized spacial score (nSPS) is 14.4. The number of aromatic nitrogens is 3. The predicted octanol–water partition coefficient (Wildman–Crippen LogP) is 2.66. The Hall–Kier alpha value is -3.78. The Bertz CT molecular complexity index is 1250. The Morgan fingerprint density at radius 3 is 2.54 bits per heavy atom. The van der Waals surface area contributed by atoms with E-state index in [1.165, 1.54) is 10.5 Å². The van der Waals surface area contributed by atoms with Gasteiger partial charge in [-0.05, 0) is 47.0 Å². The SMILES string of the molecule is CN(C)C(=O)[C@H](Cc1ccc(C#N)cc1)Nc1nc(Cl)nc(Nc2cccc(CN3CCNCC3)c2)n1. The highest BCUT2D eigenvalue weighted by Crippen LogP contribution is 2.19. The van der Waals surface area contributed by atoms with Crippen molar-refractivity contribution in [2.75, 3.05) is 50.9 Å². The molecule has 2 aromatic carbocycles.